The van der Waals surface area contributed by atoms with E-state index in [9.17, 15) is 4.79 Å². The van der Waals surface area contributed by atoms with E-state index in [0.717, 1.165) is 15.7 Å². The van der Waals surface area contributed by atoms with Gasteiger partial charge in [0.05, 0.1) is 6.04 Å². The van der Waals surface area contributed by atoms with E-state index >= 15 is 0 Å². The zero-order chi connectivity index (χ0) is 18.9. The van der Waals surface area contributed by atoms with Crippen molar-refractivity contribution in [1.29, 1.82) is 0 Å². The Hall–Kier alpha value is -1.61. The maximum atomic E-state index is 12.1. The van der Waals surface area contributed by atoms with Crippen LogP contribution in [0.5, 0.6) is 0 Å². The highest BCUT2D eigenvalue weighted by molar-refractivity contribution is 14.0. The standard InChI is InChI=1S/C20H25BrN4O.HI/c1-14-13-17(21)9-10-18(14)25-19(26)11-12-23-20(22-3)24-15(2)16-7-5-4-6-8-16;/h4-10,13,15H,11-12H2,1-3H3,(H,25,26)(H2,22,23,24);1H. The third-order valence-electron chi connectivity index (χ3n) is 3.98. The van der Waals surface area contributed by atoms with Crippen LogP contribution in [0.15, 0.2) is 58.0 Å². The summed E-state index contributed by atoms with van der Waals surface area (Å²) in [4.78, 5) is 16.4. The molecule has 1 unspecified atom stereocenters. The van der Waals surface area contributed by atoms with Crippen LogP contribution in [0.25, 0.3) is 0 Å². The first-order valence-corrected chi connectivity index (χ1v) is 9.37. The summed E-state index contributed by atoms with van der Waals surface area (Å²) in [5.74, 6) is 0.642. The number of benzene rings is 2. The van der Waals surface area contributed by atoms with Crippen molar-refractivity contribution in [1.82, 2.24) is 10.6 Å². The number of aliphatic imine (C=N–C) groups is 1. The number of carbonyl (C=O) groups is 1. The molecule has 2 rings (SSSR count). The number of aryl methyl sites for hydroxylation is 1. The van der Waals surface area contributed by atoms with Crippen molar-refractivity contribution in [2.75, 3.05) is 18.9 Å². The van der Waals surface area contributed by atoms with Crippen molar-refractivity contribution in [2.45, 2.75) is 26.3 Å². The van der Waals surface area contributed by atoms with Crippen molar-refractivity contribution in [2.24, 2.45) is 4.99 Å². The molecule has 0 fully saturated rings. The molecule has 2 aromatic carbocycles. The van der Waals surface area contributed by atoms with E-state index in [-0.39, 0.29) is 35.9 Å². The van der Waals surface area contributed by atoms with Gasteiger partial charge in [0.15, 0.2) is 5.96 Å². The van der Waals surface area contributed by atoms with Crippen LogP contribution in [0, 0.1) is 6.92 Å². The van der Waals surface area contributed by atoms with Crippen LogP contribution in [-0.4, -0.2) is 25.5 Å². The molecule has 0 aliphatic heterocycles. The fraction of sp³-hybridized carbons (Fsp3) is 0.300. The second-order valence-corrected chi connectivity index (χ2v) is 6.95. The Morgan fingerprint density at radius 1 is 1.19 bits per heavy atom. The molecule has 0 aliphatic carbocycles. The lowest BCUT2D eigenvalue weighted by Gasteiger charge is -2.18. The fourth-order valence-electron chi connectivity index (χ4n) is 2.50. The van der Waals surface area contributed by atoms with Crippen LogP contribution < -0.4 is 16.0 Å². The monoisotopic (exact) mass is 544 g/mol. The molecule has 1 atom stereocenters. The molecule has 0 spiro atoms. The van der Waals surface area contributed by atoms with E-state index in [1.807, 2.05) is 43.3 Å². The third-order valence-corrected chi connectivity index (χ3v) is 4.48. The van der Waals surface area contributed by atoms with Gasteiger partial charge in [-0.05, 0) is 43.2 Å². The van der Waals surface area contributed by atoms with Gasteiger partial charge in [-0.15, -0.1) is 24.0 Å². The Balaban J connectivity index is 0.00000364. The number of hydrogen-bond acceptors (Lipinski definition) is 2. The van der Waals surface area contributed by atoms with Crippen molar-refractivity contribution in [3.05, 3.63) is 64.1 Å². The number of guanidine groups is 1. The minimum Gasteiger partial charge on any atom is -0.356 e. The summed E-state index contributed by atoms with van der Waals surface area (Å²) in [7, 11) is 1.72. The average molecular weight is 545 g/mol. The summed E-state index contributed by atoms with van der Waals surface area (Å²) >= 11 is 3.42. The lowest BCUT2D eigenvalue weighted by atomic mass is 10.1. The molecule has 0 aliphatic rings. The number of anilines is 1. The summed E-state index contributed by atoms with van der Waals surface area (Å²) < 4.78 is 0.997. The maximum Gasteiger partial charge on any atom is 0.226 e. The molecule has 0 saturated carbocycles. The summed E-state index contributed by atoms with van der Waals surface area (Å²) in [6.07, 6.45) is 0.357. The van der Waals surface area contributed by atoms with Gasteiger partial charge < -0.3 is 16.0 Å². The van der Waals surface area contributed by atoms with Crippen molar-refractivity contribution < 1.29 is 4.79 Å². The Kier molecular flexibility index (Phi) is 10.4. The third kappa shape index (κ3) is 7.88. The van der Waals surface area contributed by atoms with E-state index in [2.05, 4.69) is 55.9 Å². The van der Waals surface area contributed by atoms with Crippen LogP contribution in [0.4, 0.5) is 5.69 Å². The Bertz CT molecular complexity index is 768. The molecular weight excluding hydrogens is 519 g/mol. The van der Waals surface area contributed by atoms with E-state index in [0.29, 0.717) is 18.9 Å². The van der Waals surface area contributed by atoms with Crippen molar-refractivity contribution >= 4 is 57.5 Å². The van der Waals surface area contributed by atoms with Crippen molar-refractivity contribution in [3.63, 3.8) is 0 Å². The second kappa shape index (κ2) is 12.0. The fourth-order valence-corrected chi connectivity index (χ4v) is 2.97. The molecule has 0 saturated heterocycles. The number of amides is 1. The SMILES string of the molecule is CN=C(NCCC(=O)Nc1ccc(Br)cc1C)NC(C)c1ccccc1.I. The first-order chi connectivity index (χ1) is 12.5. The molecule has 7 heteroatoms. The molecule has 146 valence electrons. The number of hydrogen-bond donors (Lipinski definition) is 3. The van der Waals surface area contributed by atoms with Gasteiger partial charge in [0.1, 0.15) is 0 Å². The molecule has 5 nitrogen and oxygen atoms in total. The number of rotatable bonds is 6. The number of halogens is 2. The van der Waals surface area contributed by atoms with Crippen LogP contribution in [0.1, 0.15) is 30.5 Å². The first-order valence-electron chi connectivity index (χ1n) is 8.57. The number of carbonyl (C=O) groups excluding carboxylic acids is 1. The molecule has 27 heavy (non-hydrogen) atoms. The van der Waals surface area contributed by atoms with E-state index in [1.54, 1.807) is 7.05 Å². The molecule has 3 N–H and O–H groups in total. The van der Waals surface area contributed by atoms with Gasteiger partial charge in [0, 0.05) is 30.2 Å². The Morgan fingerprint density at radius 2 is 1.89 bits per heavy atom. The second-order valence-electron chi connectivity index (χ2n) is 6.03. The smallest absolute Gasteiger partial charge is 0.226 e. The Morgan fingerprint density at radius 3 is 2.52 bits per heavy atom. The molecular formula is C20H26BrIN4O. The highest BCUT2D eigenvalue weighted by Gasteiger charge is 2.09. The summed E-state index contributed by atoms with van der Waals surface area (Å²) in [6, 6.07) is 16.1. The zero-order valence-corrected chi connectivity index (χ0v) is 19.7. The highest BCUT2D eigenvalue weighted by atomic mass is 127. The lowest BCUT2D eigenvalue weighted by molar-refractivity contribution is -0.116. The van der Waals surface area contributed by atoms with Crippen LogP contribution >= 0.6 is 39.9 Å². The molecule has 0 aromatic heterocycles. The van der Waals surface area contributed by atoms with Gasteiger partial charge in [0.25, 0.3) is 0 Å². The maximum absolute atomic E-state index is 12.1. The van der Waals surface area contributed by atoms with Crippen LogP contribution in [0.3, 0.4) is 0 Å². The van der Waals surface area contributed by atoms with Gasteiger partial charge in [-0.3, -0.25) is 9.79 Å². The minimum absolute atomic E-state index is 0. The van der Waals surface area contributed by atoms with Crippen LogP contribution in [0.2, 0.25) is 0 Å². The van der Waals surface area contributed by atoms with Gasteiger partial charge in [-0.1, -0.05) is 46.3 Å². The topological polar surface area (TPSA) is 65.5 Å². The van der Waals surface area contributed by atoms with Crippen LogP contribution in [-0.2, 0) is 4.79 Å². The number of nitrogens with one attached hydrogen (secondary N) is 3. The largest absolute Gasteiger partial charge is 0.356 e. The molecule has 0 heterocycles. The molecule has 1 amide bonds. The normalized spacial score (nSPS) is 11.9. The van der Waals surface area contributed by atoms with Gasteiger partial charge >= 0.3 is 0 Å². The minimum atomic E-state index is -0.0329. The highest BCUT2D eigenvalue weighted by Crippen LogP contribution is 2.20. The van der Waals surface area contributed by atoms with E-state index in [1.165, 1.54) is 5.56 Å². The summed E-state index contributed by atoms with van der Waals surface area (Å²) in [5.41, 5.74) is 3.03. The molecule has 0 radical (unpaired) electrons. The van der Waals surface area contributed by atoms with E-state index in [4.69, 9.17) is 0 Å². The van der Waals surface area contributed by atoms with Crippen molar-refractivity contribution in [3.8, 4) is 0 Å². The lowest BCUT2D eigenvalue weighted by Crippen LogP contribution is -2.39. The van der Waals surface area contributed by atoms with Gasteiger partial charge in [-0.2, -0.15) is 0 Å². The predicted octanol–water partition coefficient (Wildman–Crippen LogP) is 4.63. The Labute approximate surface area is 186 Å². The number of nitrogens with zero attached hydrogens (tertiary/aromatic N) is 1. The first kappa shape index (κ1) is 23.4. The quantitative estimate of drug-likeness (QED) is 0.282. The predicted molar refractivity (Wildman–Crippen MR) is 127 cm³/mol. The summed E-state index contributed by atoms with van der Waals surface area (Å²) in [6.45, 7) is 4.54. The zero-order valence-electron chi connectivity index (χ0n) is 15.8. The molecule has 2 aromatic rings. The van der Waals surface area contributed by atoms with Gasteiger partial charge in [0.2, 0.25) is 5.91 Å². The average Bonchev–Trinajstić information content (AvgIpc) is 2.63. The molecule has 0 bridgehead atoms. The van der Waals surface area contributed by atoms with Gasteiger partial charge in [-0.25, -0.2) is 0 Å². The summed E-state index contributed by atoms with van der Waals surface area (Å²) in [5, 5.41) is 9.44. The van der Waals surface area contributed by atoms with E-state index < -0.39 is 0 Å².